The summed E-state index contributed by atoms with van der Waals surface area (Å²) in [4.78, 5) is 0. The Morgan fingerprint density at radius 1 is 1.44 bits per heavy atom. The van der Waals surface area contributed by atoms with Gasteiger partial charge >= 0.3 is 0 Å². The van der Waals surface area contributed by atoms with Gasteiger partial charge < -0.3 is 5.32 Å². The maximum Gasteiger partial charge on any atom is 0.0571 e. The van der Waals surface area contributed by atoms with Crippen LogP contribution in [0.15, 0.2) is 34.9 Å². The van der Waals surface area contributed by atoms with Crippen LogP contribution >= 0.6 is 27.5 Å². The van der Waals surface area contributed by atoms with Crippen LogP contribution in [0.1, 0.15) is 5.69 Å². The van der Waals surface area contributed by atoms with Gasteiger partial charge in [0.1, 0.15) is 0 Å². The molecule has 0 spiro atoms. The Labute approximate surface area is 108 Å². The van der Waals surface area contributed by atoms with E-state index in [2.05, 4.69) is 26.3 Å². The quantitative estimate of drug-likeness (QED) is 0.941. The molecule has 1 heterocycles. The molecule has 3 nitrogen and oxygen atoms in total. The molecule has 0 aliphatic carbocycles. The molecule has 1 N–H and O–H groups in total. The Kier molecular flexibility index (Phi) is 3.51. The van der Waals surface area contributed by atoms with E-state index in [1.54, 1.807) is 6.20 Å². The molecule has 2 aromatic rings. The van der Waals surface area contributed by atoms with Crippen molar-refractivity contribution in [2.24, 2.45) is 7.05 Å². The summed E-state index contributed by atoms with van der Waals surface area (Å²) in [5.74, 6) is 0. The molecular formula is C11H11BrClN3. The molecule has 0 aliphatic rings. The largest absolute Gasteiger partial charge is 0.379 e. The zero-order chi connectivity index (χ0) is 11.5. The van der Waals surface area contributed by atoms with Crippen LogP contribution in [0.25, 0.3) is 0 Å². The third kappa shape index (κ3) is 2.57. The number of nitrogens with zero attached hydrogens (tertiary/aromatic N) is 2. The molecule has 0 unspecified atom stereocenters. The van der Waals surface area contributed by atoms with E-state index >= 15 is 0 Å². The summed E-state index contributed by atoms with van der Waals surface area (Å²) >= 11 is 9.31. The summed E-state index contributed by atoms with van der Waals surface area (Å²) in [5, 5.41) is 8.13. The summed E-state index contributed by atoms with van der Waals surface area (Å²) in [6.45, 7) is 0.741. The predicted molar refractivity (Wildman–Crippen MR) is 69.7 cm³/mol. The van der Waals surface area contributed by atoms with Crippen molar-refractivity contribution in [1.82, 2.24) is 9.78 Å². The molecule has 0 aliphatic heterocycles. The molecule has 0 bridgehead atoms. The normalized spacial score (nSPS) is 10.4. The highest BCUT2D eigenvalue weighted by molar-refractivity contribution is 9.10. The van der Waals surface area contributed by atoms with Crippen molar-refractivity contribution in [2.45, 2.75) is 6.54 Å². The van der Waals surface area contributed by atoms with Gasteiger partial charge in [-0.05, 0) is 40.2 Å². The topological polar surface area (TPSA) is 29.9 Å². The lowest BCUT2D eigenvalue weighted by atomic mass is 10.3. The SMILES string of the molecule is Cn1nccc1CNc1ccc(Cl)c(Br)c1. The highest BCUT2D eigenvalue weighted by Gasteiger charge is 2.00. The number of benzene rings is 1. The van der Waals surface area contributed by atoms with Crippen molar-refractivity contribution in [2.75, 3.05) is 5.32 Å². The summed E-state index contributed by atoms with van der Waals surface area (Å²) in [7, 11) is 1.93. The fraction of sp³-hybridized carbons (Fsp3) is 0.182. The van der Waals surface area contributed by atoms with Gasteiger partial charge in [0.25, 0.3) is 0 Å². The lowest BCUT2D eigenvalue weighted by molar-refractivity contribution is 0.720. The van der Waals surface area contributed by atoms with Gasteiger partial charge in [-0.2, -0.15) is 5.10 Å². The van der Waals surface area contributed by atoms with Gasteiger partial charge in [0.05, 0.1) is 17.3 Å². The monoisotopic (exact) mass is 299 g/mol. The number of hydrogen-bond donors (Lipinski definition) is 1. The summed E-state index contributed by atoms with van der Waals surface area (Å²) in [6, 6.07) is 7.75. The van der Waals surface area contributed by atoms with Crippen LogP contribution < -0.4 is 5.32 Å². The summed E-state index contributed by atoms with van der Waals surface area (Å²) in [5.41, 5.74) is 2.16. The number of halogens is 2. The molecule has 0 radical (unpaired) electrons. The number of anilines is 1. The van der Waals surface area contributed by atoms with E-state index in [0.717, 1.165) is 22.4 Å². The van der Waals surface area contributed by atoms with Gasteiger partial charge in [-0.25, -0.2) is 0 Å². The molecule has 0 saturated carbocycles. The van der Waals surface area contributed by atoms with Gasteiger partial charge in [0, 0.05) is 23.4 Å². The standard InChI is InChI=1S/C11H11BrClN3/c1-16-9(4-5-15-16)7-14-8-2-3-11(13)10(12)6-8/h2-6,14H,7H2,1H3. The molecule has 5 heteroatoms. The molecule has 16 heavy (non-hydrogen) atoms. The highest BCUT2D eigenvalue weighted by atomic mass is 79.9. The number of aromatic nitrogens is 2. The van der Waals surface area contributed by atoms with Gasteiger partial charge in [0.2, 0.25) is 0 Å². The summed E-state index contributed by atoms with van der Waals surface area (Å²) in [6.07, 6.45) is 1.79. The average molecular weight is 301 g/mol. The second-order valence-electron chi connectivity index (χ2n) is 3.43. The smallest absolute Gasteiger partial charge is 0.0571 e. The van der Waals surface area contributed by atoms with Gasteiger partial charge in [0.15, 0.2) is 0 Å². The zero-order valence-corrected chi connectivity index (χ0v) is 11.1. The third-order valence-electron chi connectivity index (χ3n) is 2.32. The first-order valence-corrected chi connectivity index (χ1v) is 6.00. The summed E-state index contributed by atoms with van der Waals surface area (Å²) < 4.78 is 2.74. The maximum absolute atomic E-state index is 5.92. The first-order chi connectivity index (χ1) is 7.66. The molecule has 0 saturated heterocycles. The minimum atomic E-state index is 0.714. The van der Waals surface area contributed by atoms with Crippen molar-refractivity contribution in [3.05, 3.63) is 45.7 Å². The van der Waals surface area contributed by atoms with Crippen molar-refractivity contribution < 1.29 is 0 Å². The van der Waals surface area contributed by atoms with E-state index in [1.165, 1.54) is 0 Å². The van der Waals surface area contributed by atoms with Crippen molar-refractivity contribution in [3.63, 3.8) is 0 Å². The Morgan fingerprint density at radius 2 is 2.25 bits per heavy atom. The van der Waals surface area contributed by atoms with Gasteiger partial charge in [-0.1, -0.05) is 11.6 Å². The number of nitrogens with one attached hydrogen (secondary N) is 1. The fourth-order valence-corrected chi connectivity index (χ4v) is 1.87. The Balaban J connectivity index is 2.05. The van der Waals surface area contributed by atoms with Crippen molar-refractivity contribution in [3.8, 4) is 0 Å². The first-order valence-electron chi connectivity index (χ1n) is 4.82. The lowest BCUT2D eigenvalue weighted by Gasteiger charge is -2.07. The highest BCUT2D eigenvalue weighted by Crippen LogP contribution is 2.25. The van der Waals surface area contributed by atoms with Crippen LogP contribution in [0, 0.1) is 0 Å². The number of aryl methyl sites for hydroxylation is 1. The van der Waals surface area contributed by atoms with Crippen LogP contribution in [0.5, 0.6) is 0 Å². The zero-order valence-electron chi connectivity index (χ0n) is 8.74. The molecule has 0 amide bonds. The molecule has 0 atom stereocenters. The van der Waals surface area contributed by atoms with E-state index in [1.807, 2.05) is 36.0 Å². The van der Waals surface area contributed by atoms with E-state index < -0.39 is 0 Å². The van der Waals surface area contributed by atoms with Crippen molar-refractivity contribution in [1.29, 1.82) is 0 Å². The van der Waals surface area contributed by atoms with Crippen LogP contribution in [-0.2, 0) is 13.6 Å². The average Bonchev–Trinajstić information content (AvgIpc) is 2.66. The van der Waals surface area contributed by atoms with E-state index in [9.17, 15) is 0 Å². The van der Waals surface area contributed by atoms with Crippen molar-refractivity contribution >= 4 is 33.2 Å². The maximum atomic E-state index is 5.92. The second kappa shape index (κ2) is 4.89. The fourth-order valence-electron chi connectivity index (χ4n) is 1.37. The Hall–Kier alpha value is -1.000. The van der Waals surface area contributed by atoms with Gasteiger partial charge in [-0.3, -0.25) is 4.68 Å². The second-order valence-corrected chi connectivity index (χ2v) is 4.69. The number of rotatable bonds is 3. The van der Waals surface area contributed by atoms with Crippen LogP contribution in [0.3, 0.4) is 0 Å². The minimum Gasteiger partial charge on any atom is -0.379 e. The molecular weight excluding hydrogens is 289 g/mol. The van der Waals surface area contributed by atoms with Crippen LogP contribution in [0.4, 0.5) is 5.69 Å². The van der Waals surface area contributed by atoms with E-state index in [0.29, 0.717) is 5.02 Å². The van der Waals surface area contributed by atoms with E-state index in [4.69, 9.17) is 11.6 Å². The van der Waals surface area contributed by atoms with Crippen LogP contribution in [-0.4, -0.2) is 9.78 Å². The molecule has 1 aromatic carbocycles. The lowest BCUT2D eigenvalue weighted by Crippen LogP contribution is -2.05. The minimum absolute atomic E-state index is 0.714. The molecule has 1 aromatic heterocycles. The molecule has 2 rings (SSSR count). The first kappa shape index (κ1) is 11.5. The third-order valence-corrected chi connectivity index (χ3v) is 3.53. The Morgan fingerprint density at radius 3 is 2.88 bits per heavy atom. The Bertz CT molecular complexity index is 496. The van der Waals surface area contributed by atoms with Crippen LogP contribution in [0.2, 0.25) is 5.02 Å². The molecule has 84 valence electrons. The van der Waals surface area contributed by atoms with Gasteiger partial charge in [-0.15, -0.1) is 0 Å². The van der Waals surface area contributed by atoms with E-state index in [-0.39, 0.29) is 0 Å². The molecule has 0 fully saturated rings. The predicted octanol–water partition coefficient (Wildman–Crippen LogP) is 3.45. The number of hydrogen-bond acceptors (Lipinski definition) is 2.